The number of aryl methyl sites for hydroxylation is 2. The molecule has 3 aromatic heterocycles. The van der Waals surface area contributed by atoms with Gasteiger partial charge >= 0.3 is 0 Å². The zero-order valence-electron chi connectivity index (χ0n) is 23.9. The number of rotatable bonds is 5. The first-order valence-electron chi connectivity index (χ1n) is 14.2. The highest BCUT2D eigenvalue weighted by Gasteiger charge is 2.38. The zero-order valence-corrected chi connectivity index (χ0v) is 24.7. The van der Waals surface area contributed by atoms with Crippen molar-refractivity contribution in [2.24, 2.45) is 12.5 Å². The monoisotopic (exact) mass is 589 g/mol. The van der Waals surface area contributed by atoms with Gasteiger partial charge in [0.1, 0.15) is 17.9 Å². The number of carbonyl (C=O) groups is 1. The Kier molecular flexibility index (Phi) is 7.18. The molecule has 0 atom stereocenters. The maximum absolute atomic E-state index is 13.5. The third-order valence-electron chi connectivity index (χ3n) is 9.08. The molecule has 11 heteroatoms. The van der Waals surface area contributed by atoms with E-state index in [9.17, 15) is 18.0 Å². The number of aromatic nitrogens is 3. The van der Waals surface area contributed by atoms with Crippen LogP contribution in [0, 0.1) is 12.3 Å². The third kappa shape index (κ3) is 4.90. The highest BCUT2D eigenvalue weighted by Crippen LogP contribution is 2.42. The molecule has 4 aromatic rings. The molecule has 1 spiro atoms. The fraction of sp³-hybridized carbons (Fsp3) is 0.387. The van der Waals surface area contributed by atoms with E-state index in [0.717, 1.165) is 65.3 Å². The van der Waals surface area contributed by atoms with Gasteiger partial charge in [-0.05, 0) is 68.4 Å². The van der Waals surface area contributed by atoms with E-state index in [1.807, 2.05) is 19.1 Å². The third-order valence-corrected chi connectivity index (χ3v) is 10.8. The normalized spacial score (nSPS) is 17.2. The lowest BCUT2D eigenvalue weighted by Crippen LogP contribution is -2.49. The van der Waals surface area contributed by atoms with Crippen LogP contribution in [0.2, 0.25) is 0 Å². The number of likely N-dealkylation sites (tertiary alicyclic amines) is 1. The number of aliphatic hydroxyl groups excluding tert-OH is 1. The van der Waals surface area contributed by atoms with Crippen LogP contribution >= 0.6 is 0 Å². The van der Waals surface area contributed by atoms with Gasteiger partial charge in [0.05, 0.1) is 4.90 Å². The summed E-state index contributed by atoms with van der Waals surface area (Å²) in [6.07, 6.45) is 8.93. The first kappa shape index (κ1) is 28.2. The highest BCUT2D eigenvalue weighted by atomic mass is 32.2. The lowest BCUT2D eigenvalue weighted by atomic mass is 9.71. The van der Waals surface area contributed by atoms with Gasteiger partial charge in [-0.3, -0.25) is 9.59 Å². The van der Waals surface area contributed by atoms with Crippen molar-refractivity contribution in [3.05, 3.63) is 77.0 Å². The molecule has 42 heavy (non-hydrogen) atoms. The van der Waals surface area contributed by atoms with Crippen molar-refractivity contribution in [3.8, 4) is 11.1 Å². The SMILES string of the molecule is Cc1ccc(S(=O)(=O)n2ccc3c(-c4ccc(N5CCC6(CCN(C(=O)CO)CC6)CC5)nc4)cn(C)c(=O)c32)cc1. The van der Waals surface area contributed by atoms with Gasteiger partial charge in [0.15, 0.2) is 0 Å². The fourth-order valence-corrected chi connectivity index (χ4v) is 7.70. The second-order valence-corrected chi connectivity index (χ2v) is 13.4. The topological polar surface area (TPSA) is 118 Å². The van der Waals surface area contributed by atoms with Crippen LogP contribution in [-0.2, 0) is 21.9 Å². The number of anilines is 1. The van der Waals surface area contributed by atoms with Crippen molar-refractivity contribution in [3.63, 3.8) is 0 Å². The van der Waals surface area contributed by atoms with E-state index in [1.165, 1.54) is 10.8 Å². The predicted octanol–water partition coefficient (Wildman–Crippen LogP) is 3.15. The van der Waals surface area contributed by atoms with Gasteiger partial charge in [-0.15, -0.1) is 0 Å². The molecule has 2 saturated heterocycles. The molecule has 0 radical (unpaired) electrons. The number of carbonyl (C=O) groups excluding carboxylic acids is 1. The number of benzene rings is 1. The molecule has 1 N–H and O–H groups in total. The number of aliphatic hydroxyl groups is 1. The summed E-state index contributed by atoms with van der Waals surface area (Å²) in [5.41, 5.74) is 2.40. The second-order valence-electron chi connectivity index (χ2n) is 11.6. The number of piperidine rings is 2. The van der Waals surface area contributed by atoms with Gasteiger partial charge in [-0.2, -0.15) is 0 Å². The summed E-state index contributed by atoms with van der Waals surface area (Å²) in [5, 5.41) is 9.71. The maximum Gasteiger partial charge on any atom is 0.275 e. The number of amides is 1. The Hall–Kier alpha value is -3.96. The Balaban J connectivity index is 1.24. The number of hydrogen-bond donors (Lipinski definition) is 1. The average molecular weight is 590 g/mol. The van der Waals surface area contributed by atoms with Crippen molar-refractivity contribution >= 4 is 32.7 Å². The van der Waals surface area contributed by atoms with E-state index < -0.39 is 22.2 Å². The minimum Gasteiger partial charge on any atom is -0.387 e. The van der Waals surface area contributed by atoms with Gasteiger partial charge in [0.25, 0.3) is 15.6 Å². The Morgan fingerprint density at radius 1 is 0.976 bits per heavy atom. The minimum atomic E-state index is -3.97. The van der Waals surface area contributed by atoms with Gasteiger partial charge in [-0.25, -0.2) is 17.4 Å². The summed E-state index contributed by atoms with van der Waals surface area (Å²) in [6.45, 7) is 4.63. The van der Waals surface area contributed by atoms with E-state index in [2.05, 4.69) is 4.90 Å². The molecule has 2 aliphatic rings. The second kappa shape index (κ2) is 10.7. The molecule has 0 unspecified atom stereocenters. The van der Waals surface area contributed by atoms with E-state index in [4.69, 9.17) is 10.1 Å². The van der Waals surface area contributed by atoms with Gasteiger partial charge in [0.2, 0.25) is 5.91 Å². The highest BCUT2D eigenvalue weighted by molar-refractivity contribution is 7.90. The number of pyridine rings is 2. The van der Waals surface area contributed by atoms with Crippen LogP contribution in [-0.4, -0.2) is 70.6 Å². The largest absolute Gasteiger partial charge is 0.387 e. The number of nitrogens with zero attached hydrogens (tertiary/aromatic N) is 5. The van der Waals surface area contributed by atoms with Crippen LogP contribution < -0.4 is 10.5 Å². The molecular formula is C31H35N5O5S. The van der Waals surface area contributed by atoms with Crippen molar-refractivity contribution in [1.29, 1.82) is 0 Å². The summed E-state index contributed by atoms with van der Waals surface area (Å²) in [4.78, 5) is 34.0. The first-order valence-corrected chi connectivity index (χ1v) is 15.7. The summed E-state index contributed by atoms with van der Waals surface area (Å²) in [5.74, 6) is 0.689. The van der Waals surface area contributed by atoms with Crippen molar-refractivity contribution in [1.82, 2.24) is 18.4 Å². The molecule has 2 aliphatic heterocycles. The van der Waals surface area contributed by atoms with Crippen molar-refractivity contribution < 1.29 is 18.3 Å². The van der Waals surface area contributed by atoms with Crippen LogP contribution in [0.15, 0.2) is 70.7 Å². The minimum absolute atomic E-state index is 0.104. The first-order chi connectivity index (χ1) is 20.1. The smallest absolute Gasteiger partial charge is 0.275 e. The van der Waals surface area contributed by atoms with E-state index in [0.29, 0.717) is 18.5 Å². The Bertz CT molecular complexity index is 1790. The Morgan fingerprint density at radius 3 is 2.26 bits per heavy atom. The van der Waals surface area contributed by atoms with Crippen LogP contribution in [0.3, 0.4) is 0 Å². The lowest BCUT2D eigenvalue weighted by molar-refractivity contribution is -0.136. The maximum atomic E-state index is 13.5. The fourth-order valence-electron chi connectivity index (χ4n) is 6.36. The molecule has 0 aliphatic carbocycles. The Morgan fingerprint density at radius 2 is 1.64 bits per heavy atom. The van der Waals surface area contributed by atoms with E-state index in [-0.39, 0.29) is 21.7 Å². The molecule has 1 aromatic carbocycles. The van der Waals surface area contributed by atoms with Crippen LogP contribution in [0.25, 0.3) is 22.0 Å². The summed E-state index contributed by atoms with van der Waals surface area (Å²) in [6, 6.07) is 12.2. The standard InChI is InChI=1S/C31H35N5O5S/c1-22-3-6-24(7-4-22)42(40,41)36-14-9-25-26(20-33(2)30(39)29(25)36)23-5-8-27(32-19-23)34-15-10-31(11-16-34)12-17-35(18-13-31)28(38)21-37/h3-9,14,19-20,37H,10-13,15-18,21H2,1-2H3. The quantitative estimate of drug-likeness (QED) is 0.380. The molecule has 5 heterocycles. The Labute approximate surface area is 244 Å². The summed E-state index contributed by atoms with van der Waals surface area (Å²) in [7, 11) is -2.35. The molecule has 2 fully saturated rings. The van der Waals surface area contributed by atoms with Crippen molar-refractivity contribution in [2.45, 2.75) is 37.5 Å². The van der Waals surface area contributed by atoms with E-state index in [1.54, 1.807) is 54.7 Å². The lowest BCUT2D eigenvalue weighted by Gasteiger charge is -2.47. The zero-order chi connectivity index (χ0) is 29.6. The van der Waals surface area contributed by atoms with Crippen LogP contribution in [0.5, 0.6) is 0 Å². The van der Waals surface area contributed by atoms with Crippen molar-refractivity contribution in [2.75, 3.05) is 37.7 Å². The van der Waals surface area contributed by atoms with Gasteiger partial charge < -0.3 is 19.5 Å². The summed E-state index contributed by atoms with van der Waals surface area (Å²) < 4.78 is 29.5. The number of fused-ring (bicyclic) bond motifs is 1. The van der Waals surface area contributed by atoms with Gasteiger partial charge in [0, 0.05) is 68.3 Å². The van der Waals surface area contributed by atoms with E-state index >= 15 is 0 Å². The molecule has 6 rings (SSSR count). The molecule has 220 valence electrons. The molecule has 1 amide bonds. The molecule has 0 bridgehead atoms. The molecule has 0 saturated carbocycles. The molecular weight excluding hydrogens is 554 g/mol. The number of hydrogen-bond acceptors (Lipinski definition) is 7. The van der Waals surface area contributed by atoms with Crippen LogP contribution in [0.1, 0.15) is 31.2 Å². The molecule has 10 nitrogen and oxygen atoms in total. The average Bonchev–Trinajstić information content (AvgIpc) is 3.46. The van der Waals surface area contributed by atoms with Gasteiger partial charge in [-0.1, -0.05) is 17.7 Å². The summed E-state index contributed by atoms with van der Waals surface area (Å²) >= 11 is 0. The van der Waals surface area contributed by atoms with Crippen LogP contribution in [0.4, 0.5) is 5.82 Å². The predicted molar refractivity (Wildman–Crippen MR) is 161 cm³/mol.